The molecule has 2 aromatic carbocycles. The summed E-state index contributed by atoms with van der Waals surface area (Å²) in [6.45, 7) is 5.00. The van der Waals surface area contributed by atoms with Crippen molar-refractivity contribution in [3.05, 3.63) is 89.4 Å². The lowest BCUT2D eigenvalue weighted by Gasteiger charge is -2.27. The van der Waals surface area contributed by atoms with Gasteiger partial charge in [-0.05, 0) is 35.4 Å². The molecule has 1 aliphatic rings. The smallest absolute Gasteiger partial charge is 0.287 e. The van der Waals surface area contributed by atoms with Crippen molar-refractivity contribution in [2.75, 3.05) is 26.3 Å². The molecule has 1 fully saturated rings. The fraction of sp³-hybridized carbons (Fsp3) is 0.292. The van der Waals surface area contributed by atoms with E-state index in [1.54, 1.807) is 12.1 Å². The van der Waals surface area contributed by atoms with Crippen LogP contribution in [-0.2, 0) is 24.4 Å². The number of rotatable bonds is 8. The van der Waals surface area contributed by atoms with Crippen LogP contribution in [0.25, 0.3) is 0 Å². The highest BCUT2D eigenvalue weighted by Gasteiger charge is 2.15. The first-order valence-electron chi connectivity index (χ1n) is 10.2. The number of hydrogen-bond donors (Lipinski definition) is 1. The van der Waals surface area contributed by atoms with Crippen LogP contribution >= 0.6 is 0 Å². The number of carbonyl (C=O) groups is 1. The van der Waals surface area contributed by atoms with Crippen LogP contribution in [0.1, 0.15) is 27.4 Å². The number of morpholine rings is 1. The van der Waals surface area contributed by atoms with Crippen molar-refractivity contribution >= 4 is 5.91 Å². The van der Waals surface area contributed by atoms with E-state index in [2.05, 4.69) is 22.3 Å². The monoisotopic (exact) mass is 406 g/mol. The first kappa shape index (κ1) is 20.2. The summed E-state index contributed by atoms with van der Waals surface area (Å²) in [5, 5.41) is 2.96. The molecular formula is C24H26N2O4. The van der Waals surface area contributed by atoms with Gasteiger partial charge in [0.1, 0.15) is 18.1 Å². The highest BCUT2D eigenvalue weighted by molar-refractivity contribution is 5.91. The number of nitrogens with zero attached hydrogens (tertiary/aromatic N) is 1. The van der Waals surface area contributed by atoms with Gasteiger partial charge in [0.15, 0.2) is 5.76 Å². The third kappa shape index (κ3) is 5.49. The maximum Gasteiger partial charge on any atom is 0.287 e. The number of benzene rings is 2. The van der Waals surface area contributed by atoms with E-state index in [1.807, 2.05) is 42.5 Å². The molecule has 1 N–H and O–H groups in total. The molecule has 0 unspecified atom stereocenters. The summed E-state index contributed by atoms with van der Waals surface area (Å²) in [6, 6.07) is 21.2. The highest BCUT2D eigenvalue weighted by atomic mass is 16.5. The van der Waals surface area contributed by atoms with Crippen molar-refractivity contribution in [1.29, 1.82) is 0 Å². The molecule has 0 atom stereocenters. The molecule has 1 aliphatic heterocycles. The molecule has 156 valence electrons. The molecule has 30 heavy (non-hydrogen) atoms. The van der Waals surface area contributed by atoms with E-state index in [0.29, 0.717) is 12.3 Å². The molecule has 0 bridgehead atoms. The Kier molecular flexibility index (Phi) is 6.79. The second kappa shape index (κ2) is 10.1. The van der Waals surface area contributed by atoms with Crippen molar-refractivity contribution < 1.29 is 18.7 Å². The Labute approximate surface area is 176 Å². The van der Waals surface area contributed by atoms with Gasteiger partial charge in [-0.25, -0.2) is 0 Å². The zero-order valence-electron chi connectivity index (χ0n) is 16.9. The zero-order chi connectivity index (χ0) is 20.6. The lowest BCUT2D eigenvalue weighted by molar-refractivity contribution is 0.0340. The Balaban J connectivity index is 1.31. The minimum Gasteiger partial charge on any atom is -0.486 e. The van der Waals surface area contributed by atoms with Gasteiger partial charge in [0.2, 0.25) is 0 Å². The Morgan fingerprint density at radius 3 is 2.47 bits per heavy atom. The Morgan fingerprint density at radius 1 is 0.933 bits per heavy atom. The number of carbonyl (C=O) groups excluding carboxylic acids is 1. The van der Waals surface area contributed by atoms with Crippen LogP contribution in [0.2, 0.25) is 0 Å². The fourth-order valence-corrected chi connectivity index (χ4v) is 3.40. The number of nitrogens with one attached hydrogen (secondary N) is 1. The molecule has 0 aliphatic carbocycles. The van der Waals surface area contributed by atoms with Gasteiger partial charge in [-0.3, -0.25) is 9.69 Å². The quantitative estimate of drug-likeness (QED) is 0.619. The average molecular weight is 406 g/mol. The van der Waals surface area contributed by atoms with Crippen LogP contribution in [-0.4, -0.2) is 37.1 Å². The van der Waals surface area contributed by atoms with Gasteiger partial charge < -0.3 is 19.2 Å². The zero-order valence-corrected chi connectivity index (χ0v) is 16.9. The lowest BCUT2D eigenvalue weighted by atomic mass is 10.1. The summed E-state index contributed by atoms with van der Waals surface area (Å²) in [7, 11) is 0. The van der Waals surface area contributed by atoms with Gasteiger partial charge in [-0.1, -0.05) is 42.5 Å². The van der Waals surface area contributed by atoms with E-state index >= 15 is 0 Å². The summed E-state index contributed by atoms with van der Waals surface area (Å²) in [6.07, 6.45) is 0. The minimum absolute atomic E-state index is 0.234. The number of para-hydroxylation sites is 1. The first-order chi connectivity index (χ1) is 14.8. The lowest BCUT2D eigenvalue weighted by Crippen LogP contribution is -2.36. The average Bonchev–Trinajstić information content (AvgIpc) is 3.28. The summed E-state index contributed by atoms with van der Waals surface area (Å²) in [5.74, 6) is 1.42. The summed E-state index contributed by atoms with van der Waals surface area (Å²) in [4.78, 5) is 14.9. The largest absolute Gasteiger partial charge is 0.486 e. The molecule has 4 rings (SSSR count). The van der Waals surface area contributed by atoms with Crippen molar-refractivity contribution in [2.45, 2.75) is 19.7 Å². The molecule has 0 spiro atoms. The number of ether oxygens (including phenoxy) is 2. The Bertz CT molecular complexity index is 949. The Hall–Kier alpha value is -3.09. The second-order valence-corrected chi connectivity index (χ2v) is 7.21. The van der Waals surface area contributed by atoms with E-state index in [9.17, 15) is 4.79 Å². The van der Waals surface area contributed by atoms with E-state index in [-0.39, 0.29) is 18.3 Å². The molecule has 1 aromatic heterocycles. The third-order valence-corrected chi connectivity index (χ3v) is 5.07. The van der Waals surface area contributed by atoms with Gasteiger partial charge in [-0.2, -0.15) is 0 Å². The van der Waals surface area contributed by atoms with Gasteiger partial charge in [0, 0.05) is 26.2 Å². The maximum absolute atomic E-state index is 12.5. The van der Waals surface area contributed by atoms with Crippen LogP contribution < -0.4 is 10.1 Å². The SMILES string of the molecule is O=C(NCc1ccccc1CN1CCOCC1)c1ccc(COc2ccccc2)o1. The number of hydrogen-bond acceptors (Lipinski definition) is 5. The van der Waals surface area contributed by atoms with Crippen molar-refractivity contribution in [2.24, 2.45) is 0 Å². The molecule has 0 saturated carbocycles. The number of amides is 1. The topological polar surface area (TPSA) is 63.9 Å². The molecule has 1 amide bonds. The van der Waals surface area contributed by atoms with E-state index < -0.39 is 0 Å². The molecule has 3 aromatic rings. The molecule has 6 heteroatoms. The van der Waals surface area contributed by atoms with Crippen LogP contribution in [0, 0.1) is 0 Å². The molecule has 6 nitrogen and oxygen atoms in total. The molecule has 1 saturated heterocycles. The molecular weight excluding hydrogens is 380 g/mol. The first-order valence-corrected chi connectivity index (χ1v) is 10.2. The molecule has 2 heterocycles. The van der Waals surface area contributed by atoms with Crippen molar-refractivity contribution in [3.63, 3.8) is 0 Å². The second-order valence-electron chi connectivity index (χ2n) is 7.21. The maximum atomic E-state index is 12.5. The van der Waals surface area contributed by atoms with Crippen LogP contribution in [0.15, 0.2) is 71.1 Å². The van der Waals surface area contributed by atoms with Crippen LogP contribution in [0.5, 0.6) is 5.75 Å². The number of furan rings is 1. The van der Waals surface area contributed by atoms with E-state index in [4.69, 9.17) is 13.9 Å². The summed E-state index contributed by atoms with van der Waals surface area (Å²) >= 11 is 0. The van der Waals surface area contributed by atoms with E-state index in [1.165, 1.54) is 5.56 Å². The molecule has 0 radical (unpaired) electrons. The Morgan fingerprint density at radius 2 is 1.67 bits per heavy atom. The highest BCUT2D eigenvalue weighted by Crippen LogP contribution is 2.15. The standard InChI is InChI=1S/C24H26N2O4/c27-24(23-11-10-22(30-23)18-29-21-8-2-1-3-9-21)25-16-19-6-4-5-7-20(19)17-26-12-14-28-15-13-26/h1-11H,12-18H2,(H,25,27). The summed E-state index contributed by atoms with van der Waals surface area (Å²) in [5.41, 5.74) is 2.33. The van der Waals surface area contributed by atoms with Crippen LogP contribution in [0.4, 0.5) is 0 Å². The van der Waals surface area contributed by atoms with Gasteiger partial charge >= 0.3 is 0 Å². The van der Waals surface area contributed by atoms with Crippen molar-refractivity contribution in [3.8, 4) is 5.75 Å². The van der Waals surface area contributed by atoms with Gasteiger partial charge in [0.05, 0.1) is 13.2 Å². The third-order valence-electron chi connectivity index (χ3n) is 5.07. The van der Waals surface area contributed by atoms with Crippen LogP contribution in [0.3, 0.4) is 0 Å². The van der Waals surface area contributed by atoms with Crippen molar-refractivity contribution in [1.82, 2.24) is 10.2 Å². The summed E-state index contributed by atoms with van der Waals surface area (Å²) < 4.78 is 16.7. The predicted molar refractivity (Wildman–Crippen MR) is 113 cm³/mol. The normalized spacial score (nSPS) is 14.4. The predicted octanol–water partition coefficient (Wildman–Crippen LogP) is 3.62. The fourth-order valence-electron chi connectivity index (χ4n) is 3.40. The van der Waals surface area contributed by atoms with Gasteiger partial charge in [0.25, 0.3) is 5.91 Å². The van der Waals surface area contributed by atoms with E-state index in [0.717, 1.165) is 44.2 Å². The van der Waals surface area contributed by atoms with Gasteiger partial charge in [-0.15, -0.1) is 0 Å². The minimum atomic E-state index is -0.234.